The molecule has 128 valence electrons. The average Bonchev–Trinajstić information content (AvgIpc) is 3.04. The third-order valence-corrected chi connectivity index (χ3v) is 5.16. The van der Waals surface area contributed by atoms with Crippen molar-refractivity contribution in [2.24, 2.45) is 5.92 Å². The Balaban J connectivity index is 1.82. The number of carboxylic acid groups (broad SMARTS) is 1. The molecule has 2 aromatic rings. The molecule has 2 aromatic carbocycles. The molecule has 0 aromatic heterocycles. The molecular weight excluding hydrogens is 324 g/mol. The fraction of sp³-hybridized carbons (Fsp3) is 0.250. The van der Waals surface area contributed by atoms with E-state index in [0.717, 1.165) is 35.4 Å². The molecule has 1 heterocycles. The quantitative estimate of drug-likeness (QED) is 0.772. The molecule has 0 unspecified atom stereocenters. The van der Waals surface area contributed by atoms with Gasteiger partial charge in [-0.15, -0.1) is 0 Å². The van der Waals surface area contributed by atoms with Crippen LogP contribution in [-0.2, 0) is 0 Å². The Labute approximate surface area is 144 Å². The molecule has 1 aliphatic carbocycles. The predicted molar refractivity (Wildman–Crippen MR) is 90.8 cm³/mol. The van der Waals surface area contributed by atoms with E-state index in [2.05, 4.69) is 17.5 Å². The average molecular weight is 341 g/mol. The molecule has 3 nitrogen and oxygen atoms in total. The van der Waals surface area contributed by atoms with Crippen molar-refractivity contribution < 1.29 is 18.7 Å². The number of carboxylic acids is 1. The monoisotopic (exact) mass is 341 g/mol. The minimum atomic E-state index is -1.35. The molecule has 2 N–H and O–H groups in total. The van der Waals surface area contributed by atoms with E-state index in [9.17, 15) is 13.6 Å². The summed E-state index contributed by atoms with van der Waals surface area (Å²) in [4.78, 5) is 11.0. The second-order valence-corrected chi connectivity index (χ2v) is 6.72. The van der Waals surface area contributed by atoms with Crippen LogP contribution >= 0.6 is 0 Å². The number of nitrogens with one attached hydrogen (secondary N) is 1. The first kappa shape index (κ1) is 15.8. The Morgan fingerprint density at radius 2 is 1.92 bits per heavy atom. The number of rotatable bonds is 2. The first-order valence-electron chi connectivity index (χ1n) is 8.21. The fourth-order valence-electron chi connectivity index (χ4n) is 4.00. The van der Waals surface area contributed by atoms with Crippen LogP contribution in [-0.4, -0.2) is 11.1 Å². The number of aryl methyl sites for hydroxylation is 1. The molecule has 4 rings (SSSR count). The van der Waals surface area contributed by atoms with Gasteiger partial charge in [0.05, 0.1) is 11.6 Å². The van der Waals surface area contributed by atoms with Crippen LogP contribution in [0.1, 0.15) is 45.4 Å². The Bertz CT molecular complexity index is 884. The second kappa shape index (κ2) is 5.69. The third-order valence-electron chi connectivity index (χ3n) is 5.16. The van der Waals surface area contributed by atoms with Crippen LogP contribution in [0.15, 0.2) is 42.5 Å². The van der Waals surface area contributed by atoms with E-state index in [1.807, 2.05) is 25.1 Å². The highest BCUT2D eigenvalue weighted by Crippen LogP contribution is 2.50. The van der Waals surface area contributed by atoms with E-state index in [0.29, 0.717) is 0 Å². The van der Waals surface area contributed by atoms with Gasteiger partial charge < -0.3 is 10.4 Å². The maximum absolute atomic E-state index is 14.6. The molecule has 0 saturated carbocycles. The van der Waals surface area contributed by atoms with Crippen LogP contribution in [0, 0.1) is 24.5 Å². The molecule has 2 aliphatic rings. The predicted octanol–water partition coefficient (Wildman–Crippen LogP) is 4.80. The lowest BCUT2D eigenvalue weighted by atomic mass is 9.76. The van der Waals surface area contributed by atoms with Crippen molar-refractivity contribution in [3.63, 3.8) is 0 Å². The van der Waals surface area contributed by atoms with E-state index in [4.69, 9.17) is 5.11 Å². The Kier molecular flexibility index (Phi) is 3.60. The summed E-state index contributed by atoms with van der Waals surface area (Å²) in [6.45, 7) is 2.02. The standard InChI is InChI=1S/C20H17F2NO2/c1-10-5-6-17-14(7-10)12-3-2-4-13(12)19(23-17)18-15(21)8-11(20(24)25)9-16(18)22/h2-3,5-9,12-13,19,23H,4H2,1H3,(H,24,25)/t12-,13+,19-/m1/s1. The lowest BCUT2D eigenvalue weighted by Crippen LogP contribution is -2.30. The molecule has 0 spiro atoms. The zero-order chi connectivity index (χ0) is 17.7. The Hall–Kier alpha value is -2.69. The number of benzene rings is 2. The van der Waals surface area contributed by atoms with Gasteiger partial charge in [0.15, 0.2) is 0 Å². The molecule has 0 fully saturated rings. The molecule has 3 atom stereocenters. The summed E-state index contributed by atoms with van der Waals surface area (Å²) in [5.41, 5.74) is 2.67. The van der Waals surface area contributed by atoms with Crippen molar-refractivity contribution in [2.45, 2.75) is 25.3 Å². The van der Waals surface area contributed by atoms with Crippen molar-refractivity contribution in [1.29, 1.82) is 0 Å². The van der Waals surface area contributed by atoms with Gasteiger partial charge in [-0.2, -0.15) is 0 Å². The Morgan fingerprint density at radius 1 is 1.20 bits per heavy atom. The normalized spacial score (nSPS) is 23.7. The van der Waals surface area contributed by atoms with Crippen LogP contribution in [0.5, 0.6) is 0 Å². The molecule has 0 bridgehead atoms. The number of hydrogen-bond acceptors (Lipinski definition) is 2. The van der Waals surface area contributed by atoms with Gasteiger partial charge in [0.2, 0.25) is 0 Å². The van der Waals surface area contributed by atoms with E-state index in [1.165, 1.54) is 0 Å². The number of fused-ring (bicyclic) bond motifs is 3. The molecule has 1 aliphatic heterocycles. The van der Waals surface area contributed by atoms with Crippen LogP contribution in [0.4, 0.5) is 14.5 Å². The number of aromatic carboxylic acids is 1. The van der Waals surface area contributed by atoms with Gasteiger partial charge in [0, 0.05) is 17.2 Å². The van der Waals surface area contributed by atoms with Gasteiger partial charge in [-0.3, -0.25) is 0 Å². The third kappa shape index (κ3) is 2.51. The molecule has 0 amide bonds. The van der Waals surface area contributed by atoms with Crippen molar-refractivity contribution in [2.75, 3.05) is 5.32 Å². The van der Waals surface area contributed by atoms with Gasteiger partial charge in [0.1, 0.15) is 11.6 Å². The lowest BCUT2D eigenvalue weighted by Gasteiger charge is -2.38. The van der Waals surface area contributed by atoms with Crippen LogP contribution < -0.4 is 5.32 Å². The van der Waals surface area contributed by atoms with Crippen molar-refractivity contribution in [3.05, 3.63) is 76.4 Å². The highest BCUT2D eigenvalue weighted by Gasteiger charge is 2.40. The van der Waals surface area contributed by atoms with Crippen LogP contribution in [0.25, 0.3) is 0 Å². The number of halogens is 2. The van der Waals surface area contributed by atoms with Crippen LogP contribution in [0.2, 0.25) is 0 Å². The van der Waals surface area contributed by atoms with E-state index in [-0.39, 0.29) is 23.0 Å². The smallest absolute Gasteiger partial charge is 0.335 e. The van der Waals surface area contributed by atoms with E-state index < -0.39 is 23.6 Å². The summed E-state index contributed by atoms with van der Waals surface area (Å²) < 4.78 is 29.2. The van der Waals surface area contributed by atoms with Gasteiger partial charge in [-0.1, -0.05) is 29.8 Å². The summed E-state index contributed by atoms with van der Waals surface area (Å²) in [6.07, 6.45) is 4.86. The highest BCUT2D eigenvalue weighted by molar-refractivity contribution is 5.87. The highest BCUT2D eigenvalue weighted by atomic mass is 19.1. The Morgan fingerprint density at radius 3 is 2.60 bits per heavy atom. The fourth-order valence-corrected chi connectivity index (χ4v) is 4.00. The van der Waals surface area contributed by atoms with Crippen molar-refractivity contribution >= 4 is 11.7 Å². The molecule has 5 heteroatoms. The minimum Gasteiger partial charge on any atom is -0.478 e. The maximum Gasteiger partial charge on any atom is 0.335 e. The molecular formula is C20H17F2NO2. The lowest BCUT2D eigenvalue weighted by molar-refractivity contribution is 0.0695. The minimum absolute atomic E-state index is 0.00558. The number of hydrogen-bond donors (Lipinski definition) is 2. The number of anilines is 1. The zero-order valence-electron chi connectivity index (χ0n) is 13.6. The SMILES string of the molecule is Cc1ccc2c(c1)[C@@H]1C=CC[C@@H]1[C@H](c1c(F)cc(C(=O)O)cc1F)N2. The van der Waals surface area contributed by atoms with Gasteiger partial charge in [-0.25, -0.2) is 13.6 Å². The maximum atomic E-state index is 14.6. The topological polar surface area (TPSA) is 49.3 Å². The summed E-state index contributed by atoms with van der Waals surface area (Å²) in [5, 5.41) is 12.3. The summed E-state index contributed by atoms with van der Waals surface area (Å²) in [7, 11) is 0. The largest absolute Gasteiger partial charge is 0.478 e. The summed E-state index contributed by atoms with van der Waals surface area (Å²) >= 11 is 0. The second-order valence-electron chi connectivity index (χ2n) is 6.72. The van der Waals surface area contributed by atoms with Gasteiger partial charge in [0.25, 0.3) is 0 Å². The molecule has 0 saturated heterocycles. The molecule has 25 heavy (non-hydrogen) atoms. The molecule has 0 radical (unpaired) electrons. The van der Waals surface area contributed by atoms with E-state index >= 15 is 0 Å². The van der Waals surface area contributed by atoms with E-state index in [1.54, 1.807) is 0 Å². The number of allylic oxidation sites excluding steroid dienone is 2. The van der Waals surface area contributed by atoms with Crippen molar-refractivity contribution in [3.8, 4) is 0 Å². The van der Waals surface area contributed by atoms with Gasteiger partial charge >= 0.3 is 5.97 Å². The van der Waals surface area contributed by atoms with Gasteiger partial charge in [-0.05, 0) is 43.0 Å². The summed E-state index contributed by atoms with van der Waals surface area (Å²) in [6, 6.07) is 7.24. The van der Waals surface area contributed by atoms with Crippen LogP contribution in [0.3, 0.4) is 0 Å². The summed E-state index contributed by atoms with van der Waals surface area (Å²) in [5.74, 6) is -2.90. The van der Waals surface area contributed by atoms with Crippen molar-refractivity contribution in [1.82, 2.24) is 0 Å². The number of carbonyl (C=O) groups is 1. The first-order chi connectivity index (χ1) is 12.0. The first-order valence-corrected chi connectivity index (χ1v) is 8.21. The zero-order valence-corrected chi connectivity index (χ0v) is 13.6.